The Balaban J connectivity index is 1.78. The van der Waals surface area contributed by atoms with Crippen molar-refractivity contribution in [1.82, 2.24) is 9.97 Å². The topological polar surface area (TPSA) is 25.8 Å². The van der Waals surface area contributed by atoms with E-state index in [9.17, 15) is 0 Å². The lowest BCUT2D eigenvalue weighted by Gasteiger charge is -2.11. The number of fused-ring (bicyclic) bond motifs is 1. The zero-order valence-corrected chi connectivity index (χ0v) is 15.3. The van der Waals surface area contributed by atoms with Crippen molar-refractivity contribution in [3.63, 3.8) is 0 Å². The van der Waals surface area contributed by atoms with Crippen LogP contribution in [0.4, 0.5) is 0 Å². The summed E-state index contributed by atoms with van der Waals surface area (Å²) in [6.07, 6.45) is 0. The monoisotopic (exact) mass is 358 g/mol. The highest BCUT2D eigenvalue weighted by atomic mass is 14.9. The molecule has 0 saturated carbocycles. The van der Waals surface area contributed by atoms with Crippen LogP contribution in [0.15, 0.2) is 109 Å². The Kier molecular flexibility index (Phi) is 4.15. The maximum atomic E-state index is 4.94. The molecule has 2 heteroatoms. The van der Waals surface area contributed by atoms with Crippen molar-refractivity contribution >= 4 is 10.8 Å². The van der Waals surface area contributed by atoms with Crippen molar-refractivity contribution in [3.05, 3.63) is 109 Å². The van der Waals surface area contributed by atoms with E-state index in [1.807, 2.05) is 36.4 Å². The predicted molar refractivity (Wildman–Crippen MR) is 116 cm³/mol. The minimum Gasteiger partial charge on any atom is -0.228 e. The third kappa shape index (κ3) is 3.06. The van der Waals surface area contributed by atoms with Crippen molar-refractivity contribution in [2.24, 2.45) is 0 Å². The first-order valence-corrected chi connectivity index (χ1v) is 9.36. The normalized spacial score (nSPS) is 10.9. The van der Waals surface area contributed by atoms with Crippen LogP contribution in [0, 0.1) is 0 Å². The van der Waals surface area contributed by atoms with E-state index in [1.165, 1.54) is 10.8 Å². The molecule has 1 heterocycles. The highest BCUT2D eigenvalue weighted by Crippen LogP contribution is 2.31. The quantitative estimate of drug-likeness (QED) is 0.362. The van der Waals surface area contributed by atoms with Gasteiger partial charge in [0, 0.05) is 16.7 Å². The lowest BCUT2D eigenvalue weighted by Crippen LogP contribution is -1.96. The van der Waals surface area contributed by atoms with Gasteiger partial charge in [-0.2, -0.15) is 0 Å². The van der Waals surface area contributed by atoms with E-state index in [2.05, 4.69) is 72.8 Å². The van der Waals surface area contributed by atoms with Crippen LogP contribution in [0.5, 0.6) is 0 Å². The summed E-state index contributed by atoms with van der Waals surface area (Å²) in [5.74, 6) is 0.741. The Morgan fingerprint density at radius 2 is 1.07 bits per heavy atom. The Labute approximate surface area is 164 Å². The third-order valence-electron chi connectivity index (χ3n) is 4.89. The SMILES string of the molecule is c1ccc(-c2cc(-c3cccc4ccccc34)nc(-c3ccccc3)n2)cc1. The van der Waals surface area contributed by atoms with Gasteiger partial charge in [0.25, 0.3) is 0 Å². The highest BCUT2D eigenvalue weighted by Gasteiger charge is 2.12. The van der Waals surface area contributed by atoms with Gasteiger partial charge in [0.1, 0.15) is 0 Å². The van der Waals surface area contributed by atoms with Gasteiger partial charge in [-0.15, -0.1) is 0 Å². The van der Waals surface area contributed by atoms with Gasteiger partial charge in [-0.3, -0.25) is 0 Å². The first kappa shape index (κ1) is 16.4. The molecular weight excluding hydrogens is 340 g/mol. The molecule has 5 rings (SSSR count). The smallest absolute Gasteiger partial charge is 0.160 e. The Bertz CT molecular complexity index is 1180. The summed E-state index contributed by atoms with van der Waals surface area (Å²) in [6.45, 7) is 0. The Morgan fingerprint density at radius 1 is 0.464 bits per heavy atom. The molecule has 0 aliphatic heterocycles. The fourth-order valence-corrected chi connectivity index (χ4v) is 3.51. The maximum Gasteiger partial charge on any atom is 0.160 e. The number of rotatable bonds is 3. The van der Waals surface area contributed by atoms with E-state index in [-0.39, 0.29) is 0 Å². The van der Waals surface area contributed by atoms with Crippen LogP contribution in [0.1, 0.15) is 0 Å². The number of hydrogen-bond acceptors (Lipinski definition) is 2. The molecule has 0 aliphatic rings. The van der Waals surface area contributed by atoms with Crippen LogP contribution in [0.2, 0.25) is 0 Å². The number of nitrogens with zero attached hydrogens (tertiary/aromatic N) is 2. The van der Waals surface area contributed by atoms with E-state index >= 15 is 0 Å². The molecule has 0 amide bonds. The fourth-order valence-electron chi connectivity index (χ4n) is 3.51. The number of hydrogen-bond donors (Lipinski definition) is 0. The molecule has 1 aromatic heterocycles. The molecule has 0 spiro atoms. The number of benzene rings is 4. The second kappa shape index (κ2) is 7.09. The molecule has 0 atom stereocenters. The fraction of sp³-hybridized carbons (Fsp3) is 0. The van der Waals surface area contributed by atoms with Crippen LogP contribution in [-0.4, -0.2) is 9.97 Å². The van der Waals surface area contributed by atoms with Crippen LogP contribution in [-0.2, 0) is 0 Å². The van der Waals surface area contributed by atoms with Gasteiger partial charge in [0.15, 0.2) is 5.82 Å². The minimum absolute atomic E-state index is 0.741. The standard InChI is InChI=1S/C26H18N2/c1-3-11-20(12-4-1)24-18-25(28-26(27-24)21-13-5-2-6-14-21)23-17-9-15-19-10-7-8-16-22(19)23/h1-18H. The summed E-state index contributed by atoms with van der Waals surface area (Å²) in [6, 6.07) is 37.3. The summed E-state index contributed by atoms with van der Waals surface area (Å²) in [4.78, 5) is 9.81. The second-order valence-corrected chi connectivity index (χ2v) is 6.72. The van der Waals surface area contributed by atoms with Crippen LogP contribution in [0.3, 0.4) is 0 Å². The first-order chi connectivity index (χ1) is 13.9. The lowest BCUT2D eigenvalue weighted by atomic mass is 10.0. The van der Waals surface area contributed by atoms with E-state index in [0.29, 0.717) is 0 Å². The minimum atomic E-state index is 0.741. The molecule has 5 aromatic rings. The molecule has 0 saturated heterocycles. The summed E-state index contributed by atoms with van der Waals surface area (Å²) in [7, 11) is 0. The Morgan fingerprint density at radius 3 is 1.86 bits per heavy atom. The van der Waals surface area contributed by atoms with E-state index in [4.69, 9.17) is 9.97 Å². The predicted octanol–water partition coefficient (Wildman–Crippen LogP) is 6.63. The van der Waals surface area contributed by atoms with Gasteiger partial charge in [-0.05, 0) is 16.8 Å². The largest absolute Gasteiger partial charge is 0.228 e. The summed E-state index contributed by atoms with van der Waals surface area (Å²) in [5.41, 5.74) is 5.09. The lowest BCUT2D eigenvalue weighted by molar-refractivity contribution is 1.18. The van der Waals surface area contributed by atoms with Crippen molar-refractivity contribution in [1.29, 1.82) is 0 Å². The molecule has 0 N–H and O–H groups in total. The molecule has 0 aliphatic carbocycles. The van der Waals surface area contributed by atoms with Gasteiger partial charge in [-0.1, -0.05) is 103 Å². The van der Waals surface area contributed by atoms with Crippen molar-refractivity contribution in [2.75, 3.05) is 0 Å². The van der Waals surface area contributed by atoms with Gasteiger partial charge in [0.2, 0.25) is 0 Å². The van der Waals surface area contributed by atoms with E-state index in [1.54, 1.807) is 0 Å². The molecule has 132 valence electrons. The summed E-state index contributed by atoms with van der Waals surface area (Å²) < 4.78 is 0. The average Bonchev–Trinajstić information content (AvgIpc) is 2.79. The van der Waals surface area contributed by atoms with Crippen molar-refractivity contribution in [2.45, 2.75) is 0 Å². The molecule has 4 aromatic carbocycles. The second-order valence-electron chi connectivity index (χ2n) is 6.72. The molecule has 0 fully saturated rings. The zero-order valence-electron chi connectivity index (χ0n) is 15.3. The molecular formula is C26H18N2. The average molecular weight is 358 g/mol. The van der Waals surface area contributed by atoms with Crippen LogP contribution < -0.4 is 0 Å². The van der Waals surface area contributed by atoms with Gasteiger partial charge in [0.05, 0.1) is 11.4 Å². The van der Waals surface area contributed by atoms with Crippen molar-refractivity contribution < 1.29 is 0 Å². The zero-order chi connectivity index (χ0) is 18.8. The van der Waals surface area contributed by atoms with Gasteiger partial charge < -0.3 is 0 Å². The summed E-state index contributed by atoms with van der Waals surface area (Å²) >= 11 is 0. The summed E-state index contributed by atoms with van der Waals surface area (Å²) in [5, 5.41) is 2.41. The highest BCUT2D eigenvalue weighted by molar-refractivity contribution is 5.96. The van der Waals surface area contributed by atoms with E-state index < -0.39 is 0 Å². The number of aromatic nitrogens is 2. The maximum absolute atomic E-state index is 4.94. The van der Waals surface area contributed by atoms with E-state index in [0.717, 1.165) is 33.9 Å². The molecule has 2 nitrogen and oxygen atoms in total. The van der Waals surface area contributed by atoms with Crippen molar-refractivity contribution in [3.8, 4) is 33.9 Å². The Hall–Kier alpha value is -3.78. The van der Waals surface area contributed by atoms with Gasteiger partial charge in [-0.25, -0.2) is 9.97 Å². The molecule has 28 heavy (non-hydrogen) atoms. The van der Waals surface area contributed by atoms with Crippen LogP contribution in [0.25, 0.3) is 44.7 Å². The third-order valence-corrected chi connectivity index (χ3v) is 4.89. The molecule has 0 unspecified atom stereocenters. The van der Waals surface area contributed by atoms with Gasteiger partial charge >= 0.3 is 0 Å². The molecule has 0 radical (unpaired) electrons. The van der Waals surface area contributed by atoms with Crippen LogP contribution >= 0.6 is 0 Å². The molecule has 0 bridgehead atoms. The first-order valence-electron chi connectivity index (χ1n) is 9.36.